The van der Waals surface area contributed by atoms with Crippen molar-refractivity contribution >= 4 is 22.6 Å². The Kier molecular flexibility index (Phi) is 4.17. The van der Waals surface area contributed by atoms with Gasteiger partial charge in [-0.1, -0.05) is 36.9 Å². The third kappa shape index (κ3) is 2.78. The number of nitro groups is 1. The van der Waals surface area contributed by atoms with Gasteiger partial charge in [0.2, 0.25) is 0 Å². The number of non-ortho nitro benzene ring substituents is 1. The third-order valence-corrected chi connectivity index (χ3v) is 5.88. The Hall–Kier alpha value is -2.41. The number of nitro benzene ring substituents is 1. The molecule has 4 rings (SSSR count). The summed E-state index contributed by atoms with van der Waals surface area (Å²) in [4.78, 5) is 22.6. The van der Waals surface area contributed by atoms with Crippen LogP contribution in [-0.2, 0) is 0 Å². The molecule has 2 aliphatic heterocycles. The maximum absolute atomic E-state index is 11.2. The largest absolute Gasteiger partial charge is 0.338 e. The number of fused-ring (bicyclic) bond motifs is 1. The number of hydrogen-bond donors (Lipinski definition) is 0. The number of nitrogens with zero attached hydrogens (tertiary/aromatic N) is 4. The minimum atomic E-state index is -0.341. The normalized spacial score (nSPS) is 24.9. The van der Waals surface area contributed by atoms with Crippen molar-refractivity contribution in [3.8, 4) is 0 Å². The average molecular weight is 354 g/mol. The zero-order chi connectivity index (χ0) is 17.4. The first-order valence-electron chi connectivity index (χ1n) is 8.33. The van der Waals surface area contributed by atoms with Gasteiger partial charge in [-0.25, -0.2) is 0 Å². The lowest BCUT2D eigenvalue weighted by Crippen LogP contribution is -2.35. The summed E-state index contributed by atoms with van der Waals surface area (Å²) in [5.74, 6) is 1.01. The second kappa shape index (κ2) is 6.48. The van der Waals surface area contributed by atoms with Crippen LogP contribution in [0.4, 0.5) is 5.69 Å². The first-order chi connectivity index (χ1) is 12.2. The predicted molar refractivity (Wildman–Crippen MR) is 98.6 cm³/mol. The summed E-state index contributed by atoms with van der Waals surface area (Å²) in [6.45, 7) is 2.17. The summed E-state index contributed by atoms with van der Waals surface area (Å²) in [5, 5.41) is 12.2. The summed E-state index contributed by atoms with van der Waals surface area (Å²) in [6, 6.07) is 13.0. The molecule has 0 spiro atoms. The Morgan fingerprint density at radius 1 is 1.32 bits per heavy atom. The number of pyridine rings is 1. The van der Waals surface area contributed by atoms with E-state index >= 15 is 0 Å². The Morgan fingerprint density at radius 2 is 2.20 bits per heavy atom. The highest BCUT2D eigenvalue weighted by molar-refractivity contribution is 8.14. The molecular formula is C18H18N4O2S. The summed E-state index contributed by atoms with van der Waals surface area (Å²) < 4.78 is 0. The molecule has 0 saturated carbocycles. The zero-order valence-corrected chi connectivity index (χ0v) is 14.6. The second-order valence-electron chi connectivity index (χ2n) is 6.19. The van der Waals surface area contributed by atoms with E-state index in [2.05, 4.69) is 16.8 Å². The van der Waals surface area contributed by atoms with Crippen molar-refractivity contribution in [2.45, 2.75) is 31.5 Å². The van der Waals surface area contributed by atoms with E-state index in [4.69, 9.17) is 4.99 Å². The third-order valence-electron chi connectivity index (χ3n) is 4.75. The van der Waals surface area contributed by atoms with Crippen molar-refractivity contribution in [2.75, 3.05) is 5.75 Å². The van der Waals surface area contributed by atoms with Gasteiger partial charge in [0.05, 0.1) is 16.7 Å². The molecule has 6 nitrogen and oxygen atoms in total. The molecule has 0 N–H and O–H groups in total. The molecule has 1 aromatic heterocycles. The van der Waals surface area contributed by atoms with Crippen LogP contribution in [0.25, 0.3) is 0 Å². The molecule has 0 amide bonds. The zero-order valence-electron chi connectivity index (χ0n) is 13.8. The molecule has 0 unspecified atom stereocenters. The maximum atomic E-state index is 11.2. The molecule has 128 valence electrons. The van der Waals surface area contributed by atoms with E-state index in [1.807, 2.05) is 24.3 Å². The van der Waals surface area contributed by atoms with E-state index < -0.39 is 0 Å². The van der Waals surface area contributed by atoms with Gasteiger partial charge in [-0.15, -0.1) is 0 Å². The van der Waals surface area contributed by atoms with Crippen molar-refractivity contribution in [1.29, 1.82) is 0 Å². The van der Waals surface area contributed by atoms with E-state index in [9.17, 15) is 10.1 Å². The van der Waals surface area contributed by atoms with Gasteiger partial charge >= 0.3 is 0 Å². The summed E-state index contributed by atoms with van der Waals surface area (Å²) >= 11 is 1.77. The molecule has 1 saturated heterocycles. The molecular weight excluding hydrogens is 336 g/mol. The van der Waals surface area contributed by atoms with Crippen LogP contribution in [0.5, 0.6) is 0 Å². The van der Waals surface area contributed by atoms with Crippen LogP contribution in [0.15, 0.2) is 53.7 Å². The number of aliphatic imine (C=N–C) groups is 1. The van der Waals surface area contributed by atoms with E-state index in [0.717, 1.165) is 28.6 Å². The van der Waals surface area contributed by atoms with Gasteiger partial charge in [0.25, 0.3) is 5.69 Å². The van der Waals surface area contributed by atoms with Crippen LogP contribution in [0.2, 0.25) is 0 Å². The Bertz CT molecular complexity index is 827. The molecule has 0 aliphatic carbocycles. The fourth-order valence-corrected chi connectivity index (χ4v) is 4.87. The van der Waals surface area contributed by atoms with Gasteiger partial charge in [0, 0.05) is 30.1 Å². The molecule has 3 atom stereocenters. The van der Waals surface area contributed by atoms with Crippen LogP contribution in [0.1, 0.15) is 36.7 Å². The first-order valence-corrected chi connectivity index (χ1v) is 9.32. The molecule has 2 aromatic rings. The summed E-state index contributed by atoms with van der Waals surface area (Å²) in [7, 11) is 0. The minimum absolute atomic E-state index is 0.0512. The Labute approximate surface area is 150 Å². The van der Waals surface area contributed by atoms with Gasteiger partial charge in [-0.2, -0.15) is 0 Å². The van der Waals surface area contributed by atoms with Gasteiger partial charge in [-0.05, 0) is 24.1 Å². The van der Waals surface area contributed by atoms with E-state index in [0.29, 0.717) is 6.04 Å². The van der Waals surface area contributed by atoms with Gasteiger partial charge in [0.15, 0.2) is 5.17 Å². The van der Waals surface area contributed by atoms with Gasteiger partial charge in [0.1, 0.15) is 6.04 Å². The Morgan fingerprint density at radius 3 is 2.92 bits per heavy atom. The average Bonchev–Trinajstić information content (AvgIpc) is 3.21. The molecule has 25 heavy (non-hydrogen) atoms. The summed E-state index contributed by atoms with van der Waals surface area (Å²) in [6.07, 6.45) is 2.79. The standard InChI is InChI=1S/C18H18N4O2S/c1-2-13-11-25-18-20-16(15-8-3-4-9-19-15)17(21(13)18)12-6-5-7-14(10-12)22(23)24/h3-10,13,16-17H,2,11H2,1H3/t13-,16+,17+/m0/s1. The van der Waals surface area contributed by atoms with Gasteiger partial charge < -0.3 is 4.90 Å². The van der Waals surface area contributed by atoms with E-state index in [-0.39, 0.29) is 22.7 Å². The molecule has 0 bridgehead atoms. The Balaban J connectivity index is 1.80. The van der Waals surface area contributed by atoms with E-state index in [1.165, 1.54) is 6.07 Å². The lowest BCUT2D eigenvalue weighted by atomic mass is 9.95. The van der Waals surface area contributed by atoms with Crippen molar-refractivity contribution in [3.05, 3.63) is 70.0 Å². The minimum Gasteiger partial charge on any atom is -0.338 e. The SMILES string of the molecule is CC[C@H]1CSC2=N[C@H](c3ccccn3)[C@@H](c3cccc([N+](=O)[O-])c3)N21. The quantitative estimate of drug-likeness (QED) is 0.614. The van der Waals surface area contributed by atoms with Crippen LogP contribution in [0.3, 0.4) is 0 Å². The van der Waals surface area contributed by atoms with Crippen molar-refractivity contribution < 1.29 is 4.92 Å². The van der Waals surface area contributed by atoms with Crippen molar-refractivity contribution in [2.24, 2.45) is 4.99 Å². The highest BCUT2D eigenvalue weighted by Gasteiger charge is 2.45. The number of hydrogen-bond acceptors (Lipinski definition) is 6. The smallest absolute Gasteiger partial charge is 0.269 e. The topological polar surface area (TPSA) is 71.6 Å². The molecule has 3 heterocycles. The van der Waals surface area contributed by atoms with Gasteiger partial charge in [-0.3, -0.25) is 20.1 Å². The second-order valence-corrected chi connectivity index (χ2v) is 7.18. The molecule has 1 aromatic carbocycles. The highest BCUT2D eigenvalue weighted by atomic mass is 32.2. The number of rotatable bonds is 4. The monoisotopic (exact) mass is 354 g/mol. The lowest BCUT2D eigenvalue weighted by molar-refractivity contribution is -0.385. The molecule has 0 radical (unpaired) electrons. The molecule has 7 heteroatoms. The number of benzene rings is 1. The van der Waals surface area contributed by atoms with Crippen LogP contribution in [-0.4, -0.2) is 31.8 Å². The lowest BCUT2D eigenvalue weighted by Gasteiger charge is -2.31. The van der Waals surface area contributed by atoms with Crippen LogP contribution < -0.4 is 0 Å². The van der Waals surface area contributed by atoms with Crippen molar-refractivity contribution in [1.82, 2.24) is 9.88 Å². The van der Waals surface area contributed by atoms with E-state index in [1.54, 1.807) is 30.1 Å². The first kappa shape index (κ1) is 16.1. The number of amidine groups is 1. The molecule has 2 aliphatic rings. The van der Waals surface area contributed by atoms with Crippen molar-refractivity contribution in [3.63, 3.8) is 0 Å². The fraction of sp³-hybridized carbons (Fsp3) is 0.333. The highest BCUT2D eigenvalue weighted by Crippen LogP contribution is 2.48. The fourth-order valence-electron chi connectivity index (χ4n) is 3.53. The van der Waals surface area contributed by atoms with Crippen LogP contribution >= 0.6 is 11.8 Å². The van der Waals surface area contributed by atoms with Crippen LogP contribution in [0, 0.1) is 10.1 Å². The maximum Gasteiger partial charge on any atom is 0.269 e. The summed E-state index contributed by atoms with van der Waals surface area (Å²) in [5.41, 5.74) is 1.94. The molecule has 1 fully saturated rings. The number of aromatic nitrogens is 1. The number of thioether (sulfide) groups is 1. The predicted octanol–water partition coefficient (Wildman–Crippen LogP) is 3.97.